The lowest BCUT2D eigenvalue weighted by molar-refractivity contribution is 0.590. The Kier molecular flexibility index (Phi) is 4.50. The summed E-state index contributed by atoms with van der Waals surface area (Å²) in [6.07, 6.45) is 2.55. The minimum absolute atomic E-state index is 0.0414. The zero-order chi connectivity index (χ0) is 20.5. The van der Waals surface area contributed by atoms with Crippen molar-refractivity contribution in [1.82, 2.24) is 19.7 Å². The van der Waals surface area contributed by atoms with Gasteiger partial charge in [-0.15, -0.1) is 16.4 Å². The van der Waals surface area contributed by atoms with E-state index in [4.69, 9.17) is 20.4 Å². The SMILES string of the molecule is N#CCCn1cc(-c2csc(-c3cccc(-c4nnc(N)o4)c3)n2)c2ccccc21. The molecule has 0 atom stereocenters. The molecule has 8 heteroatoms. The molecule has 30 heavy (non-hydrogen) atoms. The molecule has 3 heterocycles. The molecule has 0 radical (unpaired) electrons. The molecule has 0 aliphatic carbocycles. The first-order valence-electron chi connectivity index (χ1n) is 9.33. The first-order chi connectivity index (χ1) is 14.7. The van der Waals surface area contributed by atoms with Crippen molar-refractivity contribution in [3.8, 4) is 39.4 Å². The minimum atomic E-state index is 0.0414. The van der Waals surface area contributed by atoms with Gasteiger partial charge >= 0.3 is 6.01 Å². The molecule has 2 aromatic carbocycles. The molecule has 5 aromatic rings. The van der Waals surface area contributed by atoms with Crippen molar-refractivity contribution in [2.24, 2.45) is 0 Å². The molecule has 3 aromatic heterocycles. The Morgan fingerprint density at radius 3 is 2.80 bits per heavy atom. The van der Waals surface area contributed by atoms with Crippen molar-refractivity contribution in [2.45, 2.75) is 13.0 Å². The maximum absolute atomic E-state index is 8.96. The molecule has 2 N–H and O–H groups in total. The number of nitrogens with zero attached hydrogens (tertiary/aromatic N) is 5. The van der Waals surface area contributed by atoms with E-state index >= 15 is 0 Å². The second-order valence-electron chi connectivity index (χ2n) is 6.73. The van der Waals surface area contributed by atoms with Gasteiger partial charge in [-0.25, -0.2) is 4.98 Å². The summed E-state index contributed by atoms with van der Waals surface area (Å²) in [7, 11) is 0. The van der Waals surface area contributed by atoms with Gasteiger partial charge in [0.2, 0.25) is 5.89 Å². The van der Waals surface area contributed by atoms with Crippen LogP contribution in [0.2, 0.25) is 0 Å². The Hall–Kier alpha value is -3.96. The number of thiazole rings is 1. The van der Waals surface area contributed by atoms with Gasteiger partial charge in [0, 0.05) is 45.7 Å². The van der Waals surface area contributed by atoms with Gasteiger partial charge in [-0.2, -0.15) is 5.26 Å². The topological polar surface area (TPSA) is 107 Å². The molecule has 0 spiro atoms. The van der Waals surface area contributed by atoms with Crippen molar-refractivity contribution in [3.05, 3.63) is 60.1 Å². The fourth-order valence-corrected chi connectivity index (χ4v) is 4.29. The molecule has 0 aliphatic heterocycles. The number of benzene rings is 2. The monoisotopic (exact) mass is 412 g/mol. The van der Waals surface area contributed by atoms with Crippen LogP contribution < -0.4 is 5.73 Å². The molecule has 0 amide bonds. The normalized spacial score (nSPS) is 11.0. The molecule has 146 valence electrons. The highest BCUT2D eigenvalue weighted by atomic mass is 32.1. The first-order valence-corrected chi connectivity index (χ1v) is 10.2. The Bertz CT molecular complexity index is 1390. The van der Waals surface area contributed by atoms with E-state index in [1.807, 2.05) is 36.4 Å². The number of fused-ring (bicyclic) bond motifs is 1. The molecule has 7 nitrogen and oxygen atoms in total. The van der Waals surface area contributed by atoms with Gasteiger partial charge < -0.3 is 14.7 Å². The number of hydrogen-bond donors (Lipinski definition) is 1. The summed E-state index contributed by atoms with van der Waals surface area (Å²) in [6.45, 7) is 0.656. The van der Waals surface area contributed by atoms with E-state index in [0.717, 1.165) is 38.3 Å². The zero-order valence-corrected chi connectivity index (χ0v) is 16.6. The van der Waals surface area contributed by atoms with E-state index in [-0.39, 0.29) is 6.01 Å². The molecule has 0 aliphatic rings. The van der Waals surface area contributed by atoms with Crippen molar-refractivity contribution in [3.63, 3.8) is 0 Å². The molecule has 0 fully saturated rings. The summed E-state index contributed by atoms with van der Waals surface area (Å²) >= 11 is 1.58. The van der Waals surface area contributed by atoms with Gasteiger partial charge in [0.15, 0.2) is 0 Å². The predicted octanol–water partition coefficient (Wildman–Crippen LogP) is 4.98. The van der Waals surface area contributed by atoms with E-state index in [2.05, 4.69) is 44.5 Å². The molecule has 5 rings (SSSR count). The van der Waals surface area contributed by atoms with Gasteiger partial charge in [-0.1, -0.05) is 35.4 Å². The Balaban J connectivity index is 1.53. The average molecular weight is 412 g/mol. The van der Waals surface area contributed by atoms with Crippen molar-refractivity contribution in [2.75, 3.05) is 5.73 Å². The number of para-hydroxylation sites is 1. The molecule has 0 saturated carbocycles. The van der Waals surface area contributed by atoms with E-state index < -0.39 is 0 Å². The van der Waals surface area contributed by atoms with E-state index in [0.29, 0.717) is 18.9 Å². The van der Waals surface area contributed by atoms with Crippen LogP contribution in [0.15, 0.2) is 64.5 Å². The molecule has 0 bridgehead atoms. The third kappa shape index (κ3) is 3.21. The minimum Gasteiger partial charge on any atom is -0.404 e. The second kappa shape index (κ2) is 7.46. The van der Waals surface area contributed by atoms with E-state index in [1.165, 1.54) is 0 Å². The number of aryl methyl sites for hydroxylation is 1. The maximum Gasteiger partial charge on any atom is 0.313 e. The summed E-state index contributed by atoms with van der Waals surface area (Å²) in [5, 5.41) is 20.7. The van der Waals surface area contributed by atoms with Crippen LogP contribution in [-0.4, -0.2) is 19.7 Å². The van der Waals surface area contributed by atoms with Crippen molar-refractivity contribution in [1.29, 1.82) is 5.26 Å². The average Bonchev–Trinajstić information content (AvgIpc) is 3.51. The van der Waals surface area contributed by atoms with Crippen LogP contribution in [0.4, 0.5) is 6.01 Å². The highest BCUT2D eigenvalue weighted by Gasteiger charge is 2.15. The van der Waals surface area contributed by atoms with Gasteiger partial charge in [-0.3, -0.25) is 0 Å². The molecule has 0 saturated heterocycles. The van der Waals surface area contributed by atoms with E-state index in [9.17, 15) is 0 Å². The summed E-state index contributed by atoms with van der Waals surface area (Å²) < 4.78 is 7.45. The summed E-state index contributed by atoms with van der Waals surface area (Å²) in [5.74, 6) is 0.381. The number of anilines is 1. The van der Waals surface area contributed by atoms with Crippen LogP contribution in [0.3, 0.4) is 0 Å². The summed E-state index contributed by atoms with van der Waals surface area (Å²) in [4.78, 5) is 4.88. The quantitative estimate of drug-likeness (QED) is 0.436. The number of rotatable bonds is 5. The smallest absolute Gasteiger partial charge is 0.313 e. The number of nitrogens with two attached hydrogens (primary N) is 1. The summed E-state index contributed by atoms with van der Waals surface area (Å²) in [5.41, 5.74) is 10.4. The van der Waals surface area contributed by atoms with Crippen LogP contribution in [0.25, 0.3) is 44.2 Å². The zero-order valence-electron chi connectivity index (χ0n) is 15.8. The van der Waals surface area contributed by atoms with Gasteiger partial charge in [-0.05, 0) is 18.2 Å². The summed E-state index contributed by atoms with van der Waals surface area (Å²) in [6, 6.07) is 18.2. The molecular weight excluding hydrogens is 396 g/mol. The predicted molar refractivity (Wildman–Crippen MR) is 116 cm³/mol. The molecule has 0 unspecified atom stereocenters. The highest BCUT2D eigenvalue weighted by Crippen LogP contribution is 2.35. The Morgan fingerprint density at radius 1 is 1.10 bits per heavy atom. The Labute approximate surface area is 176 Å². The lowest BCUT2D eigenvalue weighted by Gasteiger charge is -2.00. The van der Waals surface area contributed by atoms with Gasteiger partial charge in [0.05, 0.1) is 18.2 Å². The third-order valence-electron chi connectivity index (χ3n) is 4.83. The number of aromatic nitrogens is 4. The van der Waals surface area contributed by atoms with Crippen molar-refractivity contribution >= 4 is 28.3 Å². The van der Waals surface area contributed by atoms with Crippen LogP contribution in [0, 0.1) is 11.3 Å². The van der Waals surface area contributed by atoms with Crippen LogP contribution >= 0.6 is 11.3 Å². The fraction of sp³-hybridized carbons (Fsp3) is 0.0909. The van der Waals surface area contributed by atoms with Gasteiger partial charge in [0.25, 0.3) is 0 Å². The van der Waals surface area contributed by atoms with Gasteiger partial charge in [0.1, 0.15) is 5.01 Å². The first kappa shape index (κ1) is 18.1. The van der Waals surface area contributed by atoms with Crippen LogP contribution in [0.1, 0.15) is 6.42 Å². The molecular formula is C22H16N6OS. The lowest BCUT2D eigenvalue weighted by atomic mass is 10.1. The van der Waals surface area contributed by atoms with Crippen molar-refractivity contribution < 1.29 is 4.42 Å². The second-order valence-corrected chi connectivity index (χ2v) is 7.58. The number of hydrogen-bond acceptors (Lipinski definition) is 7. The van der Waals surface area contributed by atoms with Crippen LogP contribution in [-0.2, 0) is 6.54 Å². The maximum atomic E-state index is 8.96. The fourth-order valence-electron chi connectivity index (χ4n) is 3.47. The lowest BCUT2D eigenvalue weighted by Crippen LogP contribution is -1.94. The largest absolute Gasteiger partial charge is 0.404 e. The van der Waals surface area contributed by atoms with E-state index in [1.54, 1.807) is 11.3 Å². The number of nitrogen functional groups attached to an aromatic ring is 1. The third-order valence-corrected chi connectivity index (χ3v) is 5.72. The highest BCUT2D eigenvalue weighted by molar-refractivity contribution is 7.13. The number of nitriles is 1. The Morgan fingerprint density at radius 2 is 1.97 bits per heavy atom. The standard InChI is InChI=1S/C22H16N6OS/c23-9-4-10-28-12-17(16-7-1-2-8-19(16)28)18-13-30-21(25-18)15-6-3-5-14(11-15)20-26-27-22(24)29-20/h1-3,5-8,11-13H,4,10H2,(H2,24,27). The van der Waals surface area contributed by atoms with Crippen LogP contribution in [0.5, 0.6) is 0 Å².